The van der Waals surface area contributed by atoms with Gasteiger partial charge < -0.3 is 0 Å². The van der Waals surface area contributed by atoms with Crippen LogP contribution in [0.2, 0.25) is 0 Å². The Morgan fingerprint density at radius 3 is 2.50 bits per heavy atom. The highest BCUT2D eigenvalue weighted by Crippen LogP contribution is 2.16. The van der Waals surface area contributed by atoms with E-state index in [-0.39, 0.29) is 4.75 Å². The fourth-order valence-electron chi connectivity index (χ4n) is 0.906. The molecular weight excluding hydrogens is 238 g/mol. The first-order valence-corrected chi connectivity index (χ1v) is 7.22. The first kappa shape index (κ1) is 13.5. The van der Waals surface area contributed by atoms with Gasteiger partial charge >= 0.3 is 0 Å². The van der Waals surface area contributed by atoms with Crippen molar-refractivity contribution in [3.8, 4) is 0 Å². The Morgan fingerprint density at radius 1 is 1.31 bits per heavy atom. The van der Waals surface area contributed by atoms with Gasteiger partial charge in [0, 0.05) is 16.9 Å². The van der Waals surface area contributed by atoms with Crippen LogP contribution in [0.5, 0.6) is 0 Å². The third kappa shape index (κ3) is 4.94. The van der Waals surface area contributed by atoms with Crippen LogP contribution in [0.15, 0.2) is 39.6 Å². The molecule has 0 aliphatic rings. The summed E-state index contributed by atoms with van der Waals surface area (Å²) in [6.07, 6.45) is 1.74. The van der Waals surface area contributed by atoms with Gasteiger partial charge in [-0.05, 0) is 32.9 Å². The van der Waals surface area contributed by atoms with E-state index in [9.17, 15) is 4.21 Å². The molecule has 0 unspecified atom stereocenters. The molecule has 2 nitrogen and oxygen atoms in total. The van der Waals surface area contributed by atoms with E-state index in [2.05, 4.69) is 16.5 Å². The Morgan fingerprint density at radius 2 is 1.94 bits per heavy atom. The molecule has 4 heteroatoms. The summed E-state index contributed by atoms with van der Waals surface area (Å²) in [6.45, 7) is 5.76. The smallest absolute Gasteiger partial charge is 0.144 e. The van der Waals surface area contributed by atoms with E-state index in [1.54, 1.807) is 18.0 Å². The van der Waals surface area contributed by atoms with Gasteiger partial charge in [0.15, 0.2) is 0 Å². The highest BCUT2D eigenvalue weighted by Gasteiger charge is 2.17. The van der Waals surface area contributed by atoms with Gasteiger partial charge in [0.1, 0.15) is 11.0 Å². The average molecular weight is 255 g/mol. The van der Waals surface area contributed by atoms with Crippen LogP contribution in [0, 0.1) is 0 Å². The van der Waals surface area contributed by atoms with Crippen LogP contribution in [0.25, 0.3) is 0 Å². The molecule has 88 valence electrons. The van der Waals surface area contributed by atoms with Crippen molar-refractivity contribution in [2.45, 2.75) is 30.4 Å². The zero-order chi connectivity index (χ0) is 12.0. The summed E-state index contributed by atoms with van der Waals surface area (Å²) in [5, 5.41) is 0. The molecule has 0 N–H and O–H groups in total. The minimum Gasteiger partial charge on any atom is -0.234 e. The zero-order valence-electron chi connectivity index (χ0n) is 9.84. The highest BCUT2D eigenvalue weighted by atomic mass is 32.2. The molecule has 0 aliphatic carbocycles. The van der Waals surface area contributed by atoms with Crippen LogP contribution >= 0.6 is 11.8 Å². The minimum atomic E-state index is -1.14. The lowest BCUT2D eigenvalue weighted by molar-refractivity contribution is 0.651. The van der Waals surface area contributed by atoms with E-state index < -0.39 is 11.0 Å². The SMILES string of the molecule is CC(C)(C)[S@](=O)/N=C/CSc1ccccc1. The summed E-state index contributed by atoms with van der Waals surface area (Å²) in [4.78, 5) is 1.20. The van der Waals surface area contributed by atoms with Crippen molar-refractivity contribution in [3.05, 3.63) is 30.3 Å². The number of benzene rings is 1. The molecule has 0 aromatic heterocycles. The van der Waals surface area contributed by atoms with Crippen molar-refractivity contribution in [2.75, 3.05) is 5.75 Å². The van der Waals surface area contributed by atoms with Crippen LogP contribution in [-0.2, 0) is 11.0 Å². The summed E-state index contributed by atoms with van der Waals surface area (Å²) < 4.78 is 15.3. The molecule has 1 aromatic carbocycles. The van der Waals surface area contributed by atoms with Crippen molar-refractivity contribution in [2.24, 2.45) is 4.40 Å². The minimum absolute atomic E-state index is 0.270. The van der Waals surface area contributed by atoms with E-state index in [1.807, 2.05) is 39.0 Å². The fourth-order valence-corrected chi connectivity index (χ4v) is 2.22. The first-order valence-electron chi connectivity index (χ1n) is 5.12. The molecule has 0 fully saturated rings. The summed E-state index contributed by atoms with van der Waals surface area (Å²) in [6, 6.07) is 10.1. The molecule has 0 saturated carbocycles. The van der Waals surface area contributed by atoms with Crippen molar-refractivity contribution < 1.29 is 4.21 Å². The molecule has 0 saturated heterocycles. The molecule has 0 spiro atoms. The molecule has 1 aromatic rings. The largest absolute Gasteiger partial charge is 0.234 e. The van der Waals surface area contributed by atoms with Gasteiger partial charge in [0.25, 0.3) is 0 Å². The second-order valence-corrected chi connectivity index (χ2v) is 7.30. The van der Waals surface area contributed by atoms with Gasteiger partial charge in [0.2, 0.25) is 0 Å². The first-order chi connectivity index (χ1) is 7.50. The molecule has 1 rings (SSSR count). The maximum atomic E-state index is 11.6. The number of rotatable bonds is 4. The van der Waals surface area contributed by atoms with Crippen LogP contribution in [0.3, 0.4) is 0 Å². The standard InChI is InChI=1S/C12H17NOS2/c1-12(2,3)16(14)13-9-10-15-11-7-5-4-6-8-11/h4-9H,10H2,1-3H3/b13-9+/t16-/m0/s1. The predicted octanol–water partition coefficient (Wildman–Crippen LogP) is 3.31. The summed E-state index contributed by atoms with van der Waals surface area (Å²) in [7, 11) is -1.14. The van der Waals surface area contributed by atoms with Crippen LogP contribution in [-0.4, -0.2) is 20.9 Å². The van der Waals surface area contributed by atoms with Gasteiger partial charge in [0.05, 0.1) is 4.75 Å². The van der Waals surface area contributed by atoms with Gasteiger partial charge in [-0.15, -0.1) is 11.8 Å². The van der Waals surface area contributed by atoms with E-state index in [4.69, 9.17) is 0 Å². The van der Waals surface area contributed by atoms with E-state index in [0.29, 0.717) is 0 Å². The molecule has 0 radical (unpaired) electrons. The van der Waals surface area contributed by atoms with Crippen LogP contribution in [0.4, 0.5) is 0 Å². The Hall–Kier alpha value is -0.610. The quantitative estimate of drug-likeness (QED) is 0.610. The molecule has 0 amide bonds. The molecule has 1 atom stereocenters. The van der Waals surface area contributed by atoms with Crippen molar-refractivity contribution in [1.29, 1.82) is 0 Å². The zero-order valence-corrected chi connectivity index (χ0v) is 11.5. The second-order valence-electron chi connectivity index (χ2n) is 4.27. The van der Waals surface area contributed by atoms with Crippen molar-refractivity contribution in [3.63, 3.8) is 0 Å². The maximum Gasteiger partial charge on any atom is 0.144 e. The Kier molecular flexibility index (Phi) is 5.22. The summed E-state index contributed by atoms with van der Waals surface area (Å²) >= 11 is 1.69. The summed E-state index contributed by atoms with van der Waals surface area (Å²) in [5.41, 5.74) is 0. The number of hydrogen-bond donors (Lipinski definition) is 0. The predicted molar refractivity (Wildman–Crippen MR) is 73.6 cm³/mol. The number of thioether (sulfide) groups is 1. The molecular formula is C12H17NOS2. The Labute approximate surface area is 104 Å². The Bertz CT molecular complexity index is 368. The van der Waals surface area contributed by atoms with Crippen LogP contribution in [0.1, 0.15) is 20.8 Å². The lowest BCUT2D eigenvalue weighted by Crippen LogP contribution is -2.19. The lowest BCUT2D eigenvalue weighted by Gasteiger charge is -2.12. The summed E-state index contributed by atoms with van der Waals surface area (Å²) in [5.74, 6) is 0.756. The number of hydrogen-bond acceptors (Lipinski definition) is 2. The van der Waals surface area contributed by atoms with Crippen molar-refractivity contribution >= 4 is 29.0 Å². The fraction of sp³-hybridized carbons (Fsp3) is 0.417. The third-order valence-electron chi connectivity index (χ3n) is 1.76. The lowest BCUT2D eigenvalue weighted by atomic mass is 10.3. The monoisotopic (exact) mass is 255 g/mol. The number of nitrogens with zero attached hydrogens (tertiary/aromatic N) is 1. The highest BCUT2D eigenvalue weighted by molar-refractivity contribution is 8.00. The third-order valence-corrected chi connectivity index (χ3v) is 4.07. The van der Waals surface area contributed by atoms with Crippen LogP contribution < -0.4 is 0 Å². The average Bonchev–Trinajstić information content (AvgIpc) is 2.24. The van der Waals surface area contributed by atoms with E-state index in [0.717, 1.165) is 5.75 Å². The van der Waals surface area contributed by atoms with E-state index >= 15 is 0 Å². The van der Waals surface area contributed by atoms with Gasteiger partial charge in [-0.3, -0.25) is 0 Å². The van der Waals surface area contributed by atoms with Crippen molar-refractivity contribution in [1.82, 2.24) is 0 Å². The molecule has 0 heterocycles. The topological polar surface area (TPSA) is 29.4 Å². The second kappa shape index (κ2) is 6.21. The maximum absolute atomic E-state index is 11.6. The normalized spacial score (nSPS) is 14.2. The molecule has 0 aliphatic heterocycles. The molecule has 0 bridgehead atoms. The van der Waals surface area contributed by atoms with Gasteiger partial charge in [-0.25, -0.2) is 4.21 Å². The van der Waals surface area contributed by atoms with E-state index in [1.165, 1.54) is 4.90 Å². The Balaban J connectivity index is 2.37. The molecule has 16 heavy (non-hydrogen) atoms. The van der Waals surface area contributed by atoms with Gasteiger partial charge in [-0.2, -0.15) is 4.40 Å². The van der Waals surface area contributed by atoms with Gasteiger partial charge in [-0.1, -0.05) is 18.2 Å².